The first-order chi connectivity index (χ1) is 8.04. The number of carboxylic acid groups (broad SMARTS) is 1. The van der Waals surface area contributed by atoms with Gasteiger partial charge in [-0.3, -0.25) is 4.79 Å². The highest BCUT2D eigenvalue weighted by atomic mass is 19.1. The quantitative estimate of drug-likeness (QED) is 0.623. The summed E-state index contributed by atoms with van der Waals surface area (Å²) in [5.74, 6) is 2.26. The number of benzene rings is 1. The maximum Gasteiger partial charge on any atom is 0.340 e. The van der Waals surface area contributed by atoms with Gasteiger partial charge in [-0.15, -0.1) is 0 Å². The second kappa shape index (κ2) is 5.66. The normalized spacial score (nSPS) is 9.06. The third-order valence-corrected chi connectivity index (χ3v) is 1.85. The monoisotopic (exact) mass is 236 g/mol. The number of carbonyl (C=O) groups excluding carboxylic acids is 1. The van der Waals surface area contributed by atoms with Gasteiger partial charge < -0.3 is 9.84 Å². The van der Waals surface area contributed by atoms with Crippen LogP contribution in [0.2, 0.25) is 0 Å². The zero-order valence-corrected chi connectivity index (χ0v) is 8.99. The number of esters is 1. The zero-order valence-electron chi connectivity index (χ0n) is 8.99. The van der Waals surface area contributed by atoms with Crippen LogP contribution < -0.4 is 0 Å². The predicted octanol–water partition coefficient (Wildman–Crippen LogP) is 1.44. The molecule has 0 aliphatic heterocycles. The lowest BCUT2D eigenvalue weighted by atomic mass is 10.1. The van der Waals surface area contributed by atoms with E-state index in [0.29, 0.717) is 5.56 Å². The van der Waals surface area contributed by atoms with Crippen LogP contribution in [0.3, 0.4) is 0 Å². The van der Waals surface area contributed by atoms with E-state index in [1.807, 2.05) is 0 Å². The minimum absolute atomic E-state index is 0.184. The Balaban J connectivity index is 2.92. The molecule has 0 bridgehead atoms. The van der Waals surface area contributed by atoms with Gasteiger partial charge in [-0.25, -0.2) is 9.18 Å². The summed E-state index contributed by atoms with van der Waals surface area (Å²) < 4.78 is 17.8. The summed E-state index contributed by atoms with van der Waals surface area (Å²) in [6.07, 6.45) is -0.319. The van der Waals surface area contributed by atoms with Crippen LogP contribution in [0.5, 0.6) is 0 Å². The number of rotatable bonds is 2. The molecule has 0 saturated heterocycles. The van der Waals surface area contributed by atoms with E-state index in [2.05, 4.69) is 16.6 Å². The minimum atomic E-state index is -1.05. The molecule has 0 spiro atoms. The molecular formula is C12H9FO4. The molecule has 17 heavy (non-hydrogen) atoms. The summed E-state index contributed by atoms with van der Waals surface area (Å²) in [7, 11) is 1.16. The van der Waals surface area contributed by atoms with E-state index in [9.17, 15) is 14.0 Å². The third kappa shape index (κ3) is 3.61. The zero-order chi connectivity index (χ0) is 12.8. The Hall–Kier alpha value is -2.35. The Bertz CT molecular complexity index is 511. The fourth-order valence-corrected chi connectivity index (χ4v) is 1.09. The van der Waals surface area contributed by atoms with E-state index in [0.717, 1.165) is 13.2 Å². The molecular weight excluding hydrogens is 227 g/mol. The van der Waals surface area contributed by atoms with E-state index >= 15 is 0 Å². The van der Waals surface area contributed by atoms with Gasteiger partial charge in [-0.1, -0.05) is 11.8 Å². The fraction of sp³-hybridized carbons (Fsp3) is 0.167. The Labute approximate surface area is 97.0 Å². The first-order valence-electron chi connectivity index (χ1n) is 4.63. The number of aliphatic carboxylic acids is 1. The summed E-state index contributed by atoms with van der Waals surface area (Å²) in [4.78, 5) is 21.3. The summed E-state index contributed by atoms with van der Waals surface area (Å²) in [5, 5.41) is 8.36. The second-order valence-corrected chi connectivity index (χ2v) is 3.06. The molecule has 4 nitrogen and oxygen atoms in total. The van der Waals surface area contributed by atoms with Crippen LogP contribution in [0, 0.1) is 17.7 Å². The highest BCUT2D eigenvalue weighted by Gasteiger charge is 2.11. The van der Waals surface area contributed by atoms with Gasteiger partial charge in [0.25, 0.3) is 0 Å². The van der Waals surface area contributed by atoms with Gasteiger partial charge in [-0.2, -0.15) is 0 Å². The van der Waals surface area contributed by atoms with E-state index in [1.54, 1.807) is 0 Å². The molecule has 88 valence electrons. The molecule has 0 amide bonds. The van der Waals surface area contributed by atoms with E-state index in [1.165, 1.54) is 12.1 Å². The highest BCUT2D eigenvalue weighted by molar-refractivity contribution is 5.89. The van der Waals surface area contributed by atoms with Crippen LogP contribution >= 0.6 is 0 Å². The van der Waals surface area contributed by atoms with Gasteiger partial charge in [0.15, 0.2) is 0 Å². The van der Waals surface area contributed by atoms with E-state index < -0.39 is 17.8 Å². The molecule has 0 atom stereocenters. The molecule has 0 aromatic heterocycles. The van der Waals surface area contributed by atoms with Gasteiger partial charge in [0.05, 0.1) is 12.7 Å². The van der Waals surface area contributed by atoms with Crippen molar-refractivity contribution in [1.29, 1.82) is 0 Å². The van der Waals surface area contributed by atoms with Crippen molar-refractivity contribution in [3.8, 4) is 11.8 Å². The standard InChI is InChI=1S/C12H9FO4/c1-17-12(16)9-6-5-8(7-10(9)13)3-2-4-11(14)15/h5-7H,4H2,1H3,(H,14,15). The Morgan fingerprint density at radius 1 is 1.47 bits per heavy atom. The van der Waals surface area contributed by atoms with Crippen molar-refractivity contribution in [3.63, 3.8) is 0 Å². The first kappa shape index (κ1) is 12.7. The lowest BCUT2D eigenvalue weighted by Crippen LogP contribution is -2.04. The van der Waals surface area contributed by atoms with Gasteiger partial charge >= 0.3 is 11.9 Å². The average molecular weight is 236 g/mol. The van der Waals surface area contributed by atoms with Gasteiger partial charge in [0, 0.05) is 5.56 Å². The molecule has 0 unspecified atom stereocenters. The fourth-order valence-electron chi connectivity index (χ4n) is 1.09. The molecule has 1 N–H and O–H groups in total. The van der Waals surface area contributed by atoms with Crippen LogP contribution in [-0.4, -0.2) is 24.2 Å². The smallest absolute Gasteiger partial charge is 0.340 e. The Kier molecular flexibility index (Phi) is 4.23. The number of hydrogen-bond acceptors (Lipinski definition) is 3. The number of methoxy groups -OCH3 is 1. The van der Waals surface area contributed by atoms with Crippen molar-refractivity contribution in [2.24, 2.45) is 0 Å². The third-order valence-electron chi connectivity index (χ3n) is 1.85. The van der Waals surface area contributed by atoms with E-state index in [4.69, 9.17) is 5.11 Å². The van der Waals surface area contributed by atoms with Gasteiger partial charge in [0.1, 0.15) is 12.2 Å². The predicted molar refractivity (Wildman–Crippen MR) is 56.9 cm³/mol. The summed E-state index contributed by atoms with van der Waals surface area (Å²) in [6.45, 7) is 0. The van der Waals surface area contributed by atoms with Crippen LogP contribution in [0.1, 0.15) is 22.3 Å². The number of carboxylic acids is 1. The first-order valence-corrected chi connectivity index (χ1v) is 4.63. The van der Waals surface area contributed by atoms with Crippen molar-refractivity contribution in [3.05, 3.63) is 35.1 Å². The minimum Gasteiger partial charge on any atom is -0.481 e. The van der Waals surface area contributed by atoms with Crippen LogP contribution in [0.15, 0.2) is 18.2 Å². The van der Waals surface area contributed by atoms with Crippen LogP contribution in [-0.2, 0) is 9.53 Å². The number of halogens is 1. The molecule has 0 fully saturated rings. The maximum atomic E-state index is 13.4. The summed E-state index contributed by atoms with van der Waals surface area (Å²) in [6, 6.07) is 3.72. The Morgan fingerprint density at radius 2 is 2.18 bits per heavy atom. The van der Waals surface area contributed by atoms with Crippen molar-refractivity contribution < 1.29 is 23.8 Å². The molecule has 0 radical (unpaired) electrons. The number of carbonyl (C=O) groups is 2. The van der Waals surface area contributed by atoms with Crippen molar-refractivity contribution >= 4 is 11.9 Å². The van der Waals surface area contributed by atoms with Gasteiger partial charge in [0.2, 0.25) is 0 Å². The van der Waals surface area contributed by atoms with Crippen molar-refractivity contribution in [1.82, 2.24) is 0 Å². The van der Waals surface area contributed by atoms with Crippen molar-refractivity contribution in [2.75, 3.05) is 7.11 Å². The molecule has 1 aromatic rings. The molecule has 0 aliphatic rings. The number of hydrogen-bond donors (Lipinski definition) is 1. The summed E-state index contributed by atoms with van der Waals surface area (Å²) in [5.41, 5.74) is 0.118. The largest absolute Gasteiger partial charge is 0.481 e. The molecule has 5 heteroatoms. The van der Waals surface area contributed by atoms with Crippen LogP contribution in [0.4, 0.5) is 4.39 Å². The highest BCUT2D eigenvalue weighted by Crippen LogP contribution is 2.10. The molecule has 0 aliphatic carbocycles. The Morgan fingerprint density at radius 3 is 2.71 bits per heavy atom. The molecule has 1 aromatic carbocycles. The maximum absolute atomic E-state index is 13.4. The SMILES string of the molecule is COC(=O)c1ccc(C#CCC(=O)O)cc1F. The number of ether oxygens (including phenoxy) is 1. The van der Waals surface area contributed by atoms with E-state index in [-0.39, 0.29) is 12.0 Å². The molecule has 0 heterocycles. The summed E-state index contributed by atoms with van der Waals surface area (Å²) >= 11 is 0. The lowest BCUT2D eigenvalue weighted by molar-refractivity contribution is -0.135. The topological polar surface area (TPSA) is 63.6 Å². The van der Waals surface area contributed by atoms with Gasteiger partial charge in [-0.05, 0) is 18.2 Å². The second-order valence-electron chi connectivity index (χ2n) is 3.06. The van der Waals surface area contributed by atoms with Crippen LogP contribution in [0.25, 0.3) is 0 Å². The van der Waals surface area contributed by atoms with Crippen molar-refractivity contribution in [2.45, 2.75) is 6.42 Å². The molecule has 0 saturated carbocycles. The average Bonchev–Trinajstić information content (AvgIpc) is 2.28. The lowest BCUT2D eigenvalue weighted by Gasteiger charge is -2.00. The molecule has 1 rings (SSSR count).